The maximum Gasteiger partial charge on any atom is 0.223 e. The summed E-state index contributed by atoms with van der Waals surface area (Å²) in [6.07, 6.45) is 5.00. The molecule has 0 aliphatic heterocycles. The van der Waals surface area contributed by atoms with E-state index in [2.05, 4.69) is 12.0 Å². The molecule has 0 unspecified atom stereocenters. The van der Waals surface area contributed by atoms with Gasteiger partial charge < -0.3 is 9.64 Å². The second-order valence-corrected chi connectivity index (χ2v) is 5.51. The molecule has 1 aromatic heterocycles. The Hall–Kier alpha value is -2.30. The minimum Gasteiger partial charge on any atom is -0.497 e. The number of rotatable bonds is 8. The Kier molecular flexibility index (Phi) is 6.20. The third kappa shape index (κ3) is 4.58. The number of aryl methyl sites for hydroxylation is 1. The molecule has 2 rings (SSSR count). The van der Waals surface area contributed by atoms with Gasteiger partial charge in [0.1, 0.15) is 5.75 Å². The number of aromatic nitrogens is 2. The Bertz CT molecular complexity index is 610. The van der Waals surface area contributed by atoms with Crippen LogP contribution in [-0.2, 0) is 11.3 Å². The van der Waals surface area contributed by atoms with E-state index >= 15 is 0 Å². The lowest BCUT2D eigenvalue weighted by molar-refractivity contribution is -0.133. The predicted octanol–water partition coefficient (Wildman–Crippen LogP) is 3.28. The summed E-state index contributed by atoms with van der Waals surface area (Å²) in [5.41, 5.74) is 1.09. The Balaban J connectivity index is 1.95. The van der Waals surface area contributed by atoms with Crippen LogP contribution in [0.4, 0.5) is 0 Å². The van der Waals surface area contributed by atoms with E-state index in [9.17, 15) is 4.79 Å². The van der Waals surface area contributed by atoms with Crippen LogP contribution in [0.5, 0.6) is 5.75 Å². The Morgan fingerprint density at radius 1 is 1.39 bits per heavy atom. The summed E-state index contributed by atoms with van der Waals surface area (Å²) >= 11 is 0. The number of carbonyl (C=O) groups is 1. The molecule has 1 atom stereocenters. The molecule has 1 amide bonds. The van der Waals surface area contributed by atoms with Gasteiger partial charge in [0.25, 0.3) is 0 Å². The van der Waals surface area contributed by atoms with E-state index in [0.29, 0.717) is 13.0 Å². The fourth-order valence-electron chi connectivity index (χ4n) is 2.72. The minimum atomic E-state index is 0.0345. The fourth-order valence-corrected chi connectivity index (χ4v) is 2.72. The monoisotopic (exact) mass is 315 g/mol. The predicted molar refractivity (Wildman–Crippen MR) is 90.3 cm³/mol. The van der Waals surface area contributed by atoms with E-state index in [1.165, 1.54) is 0 Å². The highest BCUT2D eigenvalue weighted by molar-refractivity contribution is 5.76. The van der Waals surface area contributed by atoms with Crippen molar-refractivity contribution < 1.29 is 9.53 Å². The van der Waals surface area contributed by atoms with Crippen LogP contribution < -0.4 is 4.74 Å². The summed E-state index contributed by atoms with van der Waals surface area (Å²) in [7, 11) is 1.65. The lowest BCUT2D eigenvalue weighted by Gasteiger charge is -2.28. The first-order chi connectivity index (χ1) is 11.2. The van der Waals surface area contributed by atoms with Crippen LogP contribution in [0.1, 0.15) is 38.3 Å². The Morgan fingerprint density at radius 3 is 2.87 bits per heavy atom. The van der Waals surface area contributed by atoms with Gasteiger partial charge in [-0.1, -0.05) is 12.1 Å². The third-order valence-electron chi connectivity index (χ3n) is 4.04. The molecular formula is C18H25N3O2. The summed E-state index contributed by atoms with van der Waals surface area (Å²) in [5, 5.41) is 4.16. The maximum absolute atomic E-state index is 12.5. The number of carbonyl (C=O) groups excluding carboxylic acids is 1. The topological polar surface area (TPSA) is 47.4 Å². The van der Waals surface area contributed by atoms with Crippen LogP contribution in [0, 0.1) is 0 Å². The van der Waals surface area contributed by atoms with Crippen LogP contribution in [0.25, 0.3) is 0 Å². The third-order valence-corrected chi connectivity index (χ3v) is 4.04. The van der Waals surface area contributed by atoms with Gasteiger partial charge in [0.15, 0.2) is 0 Å². The molecular weight excluding hydrogens is 290 g/mol. The van der Waals surface area contributed by atoms with Gasteiger partial charge >= 0.3 is 0 Å². The first-order valence-electron chi connectivity index (χ1n) is 8.06. The second-order valence-electron chi connectivity index (χ2n) is 5.51. The summed E-state index contributed by atoms with van der Waals surface area (Å²) in [5.74, 6) is 0.992. The van der Waals surface area contributed by atoms with Crippen LogP contribution in [0.2, 0.25) is 0 Å². The number of benzene rings is 1. The number of hydrogen-bond acceptors (Lipinski definition) is 3. The largest absolute Gasteiger partial charge is 0.497 e. The van der Waals surface area contributed by atoms with Gasteiger partial charge in [-0.15, -0.1) is 0 Å². The molecule has 1 aromatic carbocycles. The average molecular weight is 315 g/mol. The van der Waals surface area contributed by atoms with Crippen molar-refractivity contribution in [3.63, 3.8) is 0 Å². The van der Waals surface area contributed by atoms with Crippen molar-refractivity contribution in [3.8, 4) is 5.75 Å². The quantitative estimate of drug-likeness (QED) is 0.751. The van der Waals surface area contributed by atoms with E-state index in [-0.39, 0.29) is 11.9 Å². The molecule has 0 saturated heterocycles. The molecule has 0 bridgehead atoms. The number of methoxy groups -OCH3 is 1. The normalized spacial score (nSPS) is 12.0. The number of nitrogens with zero attached hydrogens (tertiary/aromatic N) is 3. The molecule has 1 heterocycles. The standard InChI is InChI=1S/C18H25N3O2/c1-4-21(15(2)16-8-5-9-17(14-16)23-3)18(22)10-6-12-20-13-7-11-19-20/h5,7-9,11,13-15H,4,6,10,12H2,1-3H3/t15-/m1/s1. The molecule has 0 saturated carbocycles. The van der Waals surface area contributed by atoms with Gasteiger partial charge in [0.05, 0.1) is 13.2 Å². The van der Waals surface area contributed by atoms with E-state index in [0.717, 1.165) is 24.3 Å². The van der Waals surface area contributed by atoms with E-state index in [4.69, 9.17) is 4.74 Å². The Labute approximate surface area is 137 Å². The first kappa shape index (κ1) is 17.1. The molecule has 2 aromatic rings. The van der Waals surface area contributed by atoms with Crippen molar-refractivity contribution in [2.24, 2.45) is 0 Å². The van der Waals surface area contributed by atoms with Crippen LogP contribution in [0.3, 0.4) is 0 Å². The van der Waals surface area contributed by atoms with Crippen LogP contribution in [-0.4, -0.2) is 34.2 Å². The zero-order chi connectivity index (χ0) is 16.7. The molecule has 0 N–H and O–H groups in total. The summed E-state index contributed by atoms with van der Waals surface area (Å²) in [6.45, 7) is 5.54. The summed E-state index contributed by atoms with van der Waals surface area (Å²) in [4.78, 5) is 14.5. The van der Waals surface area contributed by atoms with Crippen molar-refractivity contribution in [3.05, 3.63) is 48.3 Å². The lowest BCUT2D eigenvalue weighted by atomic mass is 10.1. The van der Waals surface area contributed by atoms with Crippen LogP contribution >= 0.6 is 0 Å². The molecule has 5 nitrogen and oxygen atoms in total. The minimum absolute atomic E-state index is 0.0345. The zero-order valence-corrected chi connectivity index (χ0v) is 14.1. The molecule has 5 heteroatoms. The van der Waals surface area contributed by atoms with Crippen molar-refractivity contribution in [1.82, 2.24) is 14.7 Å². The van der Waals surface area contributed by atoms with E-state index < -0.39 is 0 Å². The van der Waals surface area contributed by atoms with Gasteiger partial charge in [-0.05, 0) is 44.0 Å². The van der Waals surface area contributed by atoms with Gasteiger partial charge in [0.2, 0.25) is 5.91 Å². The fraction of sp³-hybridized carbons (Fsp3) is 0.444. The van der Waals surface area contributed by atoms with Crippen molar-refractivity contribution in [1.29, 1.82) is 0 Å². The van der Waals surface area contributed by atoms with Crippen molar-refractivity contribution in [2.45, 2.75) is 39.3 Å². The van der Waals surface area contributed by atoms with Crippen molar-refractivity contribution >= 4 is 5.91 Å². The first-order valence-corrected chi connectivity index (χ1v) is 8.06. The summed E-state index contributed by atoms with van der Waals surface area (Å²) < 4.78 is 7.13. The molecule has 124 valence electrons. The highest BCUT2D eigenvalue weighted by atomic mass is 16.5. The zero-order valence-electron chi connectivity index (χ0n) is 14.1. The molecule has 0 aliphatic rings. The van der Waals surface area contributed by atoms with Crippen molar-refractivity contribution in [2.75, 3.05) is 13.7 Å². The molecule has 0 spiro atoms. The molecule has 0 fully saturated rings. The Morgan fingerprint density at radius 2 is 2.22 bits per heavy atom. The highest BCUT2D eigenvalue weighted by Gasteiger charge is 2.19. The van der Waals surface area contributed by atoms with E-state index in [1.54, 1.807) is 13.3 Å². The maximum atomic E-state index is 12.5. The average Bonchev–Trinajstić information content (AvgIpc) is 3.09. The summed E-state index contributed by atoms with van der Waals surface area (Å²) in [6, 6.07) is 9.83. The van der Waals surface area contributed by atoms with Crippen LogP contribution in [0.15, 0.2) is 42.7 Å². The van der Waals surface area contributed by atoms with E-state index in [1.807, 2.05) is 53.0 Å². The van der Waals surface area contributed by atoms with Gasteiger partial charge in [-0.25, -0.2) is 0 Å². The second kappa shape index (κ2) is 8.36. The lowest BCUT2D eigenvalue weighted by Crippen LogP contribution is -2.33. The highest BCUT2D eigenvalue weighted by Crippen LogP contribution is 2.24. The van der Waals surface area contributed by atoms with Gasteiger partial charge in [0, 0.05) is 31.9 Å². The smallest absolute Gasteiger partial charge is 0.223 e. The molecule has 23 heavy (non-hydrogen) atoms. The number of hydrogen-bond donors (Lipinski definition) is 0. The number of ether oxygens (including phenoxy) is 1. The van der Waals surface area contributed by atoms with Gasteiger partial charge in [-0.2, -0.15) is 5.10 Å². The SMILES string of the molecule is CCN(C(=O)CCCn1cccn1)[C@H](C)c1cccc(OC)c1. The molecule has 0 aliphatic carbocycles. The molecule has 0 radical (unpaired) electrons. The number of amides is 1. The van der Waals surface area contributed by atoms with Gasteiger partial charge in [-0.3, -0.25) is 9.48 Å².